The Labute approximate surface area is 92.6 Å². The number of ether oxygens (including phenoxy) is 1. The number of methoxy groups -OCH3 is 1. The minimum atomic E-state index is -0.666. The van der Waals surface area contributed by atoms with Crippen molar-refractivity contribution in [3.8, 4) is 0 Å². The molecular weight excluding hydrogens is 214 g/mol. The molecule has 1 aromatic rings. The first-order chi connectivity index (χ1) is 7.07. The van der Waals surface area contributed by atoms with Crippen molar-refractivity contribution in [2.75, 3.05) is 17.7 Å². The van der Waals surface area contributed by atoms with Crippen molar-refractivity contribution in [1.29, 1.82) is 0 Å². The molecule has 0 saturated heterocycles. The Morgan fingerprint density at radius 2 is 2.07 bits per heavy atom. The molecule has 0 radical (unpaired) electrons. The van der Waals surface area contributed by atoms with Crippen molar-refractivity contribution in [2.24, 2.45) is 5.73 Å². The second-order valence-corrected chi connectivity index (χ2v) is 3.12. The van der Waals surface area contributed by atoms with Crippen LogP contribution in [-0.4, -0.2) is 18.3 Å². The first-order valence-electron chi connectivity index (χ1n) is 4.10. The zero-order valence-electron chi connectivity index (χ0n) is 8.14. The van der Waals surface area contributed by atoms with Gasteiger partial charge in [-0.15, -0.1) is 0 Å². The zero-order valence-corrected chi connectivity index (χ0v) is 8.95. The fourth-order valence-corrected chi connectivity index (χ4v) is 1.26. The molecule has 5 nitrogen and oxygen atoms in total. The highest BCUT2D eigenvalue weighted by Crippen LogP contribution is 2.22. The number of carbonyl (C=O) groups is 1. The number of anilines is 2. The molecule has 0 fully saturated rings. The Kier molecular flexibility index (Phi) is 3.46. The smallest absolute Gasteiger partial charge is 0.420 e. The molecule has 15 heavy (non-hydrogen) atoms. The van der Waals surface area contributed by atoms with Gasteiger partial charge in [0.2, 0.25) is 0 Å². The van der Waals surface area contributed by atoms with Crippen molar-refractivity contribution in [1.82, 2.24) is 0 Å². The van der Waals surface area contributed by atoms with Crippen LogP contribution in [0.3, 0.4) is 0 Å². The molecule has 0 aromatic heterocycles. The second kappa shape index (κ2) is 4.61. The van der Waals surface area contributed by atoms with Crippen LogP contribution in [0.5, 0.6) is 0 Å². The first-order valence-corrected chi connectivity index (χ1v) is 4.50. The molecular formula is C9H11N3O2S. The third-order valence-corrected chi connectivity index (χ3v) is 1.94. The van der Waals surface area contributed by atoms with Crippen molar-refractivity contribution in [2.45, 2.75) is 0 Å². The van der Waals surface area contributed by atoms with Crippen LogP contribution in [0.4, 0.5) is 16.2 Å². The van der Waals surface area contributed by atoms with E-state index in [-0.39, 0.29) is 5.11 Å². The molecule has 0 aliphatic heterocycles. The van der Waals surface area contributed by atoms with Crippen molar-refractivity contribution >= 4 is 34.8 Å². The van der Waals surface area contributed by atoms with Gasteiger partial charge in [0.1, 0.15) is 0 Å². The molecule has 6 heteroatoms. The lowest BCUT2D eigenvalue weighted by molar-refractivity contribution is 0.182. The van der Waals surface area contributed by atoms with Gasteiger partial charge in [-0.2, -0.15) is 0 Å². The molecule has 0 atom stereocenters. The van der Waals surface area contributed by atoms with Crippen molar-refractivity contribution in [3.05, 3.63) is 24.3 Å². The normalized spacial score (nSPS) is 9.40. The average molecular weight is 225 g/mol. The molecule has 0 spiro atoms. The highest BCUT2D eigenvalue weighted by molar-refractivity contribution is 7.80. The van der Waals surface area contributed by atoms with Gasteiger partial charge in [-0.05, 0) is 24.4 Å². The number of nitrogen functional groups attached to an aromatic ring is 1. The number of nitrogens with two attached hydrogens (primary N) is 2. The highest BCUT2D eigenvalue weighted by Gasteiger charge is 2.20. The number of benzene rings is 1. The number of carbonyl (C=O) groups excluding carboxylic acids is 1. The van der Waals surface area contributed by atoms with E-state index >= 15 is 0 Å². The van der Waals surface area contributed by atoms with Crippen LogP contribution in [0.15, 0.2) is 24.3 Å². The van der Waals surface area contributed by atoms with Crippen LogP contribution < -0.4 is 16.4 Å². The lowest BCUT2D eigenvalue weighted by Crippen LogP contribution is -2.40. The summed E-state index contributed by atoms with van der Waals surface area (Å²) in [5.41, 5.74) is 11.9. The molecule has 4 N–H and O–H groups in total. The summed E-state index contributed by atoms with van der Waals surface area (Å²) in [6, 6.07) is 6.74. The van der Waals surface area contributed by atoms with E-state index in [1.54, 1.807) is 24.3 Å². The summed E-state index contributed by atoms with van der Waals surface area (Å²) in [4.78, 5) is 12.4. The predicted molar refractivity (Wildman–Crippen MR) is 62.5 cm³/mol. The summed E-state index contributed by atoms with van der Waals surface area (Å²) in [5, 5.41) is -0.111. The van der Waals surface area contributed by atoms with Gasteiger partial charge in [0.05, 0.1) is 18.5 Å². The molecule has 1 aromatic carbocycles. The van der Waals surface area contributed by atoms with Crippen LogP contribution >= 0.6 is 12.2 Å². The maximum atomic E-state index is 11.4. The Hall–Kier alpha value is -1.82. The zero-order chi connectivity index (χ0) is 11.4. The SMILES string of the molecule is COC(=O)N(C(N)=S)c1ccccc1N. The van der Waals surface area contributed by atoms with Crippen molar-refractivity contribution in [3.63, 3.8) is 0 Å². The molecule has 0 unspecified atom stereocenters. The minimum Gasteiger partial charge on any atom is -0.452 e. The lowest BCUT2D eigenvalue weighted by Gasteiger charge is -2.20. The monoisotopic (exact) mass is 225 g/mol. The van der Waals surface area contributed by atoms with Gasteiger partial charge in [0, 0.05) is 0 Å². The van der Waals surface area contributed by atoms with E-state index in [2.05, 4.69) is 4.74 Å². The molecule has 80 valence electrons. The van der Waals surface area contributed by atoms with Crippen LogP contribution in [0.25, 0.3) is 0 Å². The summed E-state index contributed by atoms with van der Waals surface area (Å²) in [7, 11) is 1.24. The van der Waals surface area contributed by atoms with Gasteiger partial charge in [-0.3, -0.25) is 0 Å². The quantitative estimate of drug-likeness (QED) is 0.552. The number of thiocarbonyl (C=S) groups is 1. The third kappa shape index (κ3) is 2.35. The van der Waals surface area contributed by atoms with E-state index in [0.717, 1.165) is 4.90 Å². The second-order valence-electron chi connectivity index (χ2n) is 2.70. The minimum absolute atomic E-state index is 0.111. The van der Waals surface area contributed by atoms with E-state index in [4.69, 9.17) is 23.7 Å². The number of para-hydroxylation sites is 2. The average Bonchev–Trinajstić information content (AvgIpc) is 2.20. The summed E-state index contributed by atoms with van der Waals surface area (Å²) >= 11 is 4.75. The Bertz CT molecular complexity index is 395. The van der Waals surface area contributed by atoms with Crippen molar-refractivity contribution < 1.29 is 9.53 Å². The van der Waals surface area contributed by atoms with E-state index < -0.39 is 6.09 Å². The lowest BCUT2D eigenvalue weighted by atomic mass is 10.2. The molecule has 0 saturated carbocycles. The van der Waals surface area contributed by atoms with Gasteiger partial charge in [0.15, 0.2) is 5.11 Å². The fourth-order valence-electron chi connectivity index (χ4n) is 1.09. The van der Waals surface area contributed by atoms with Crippen LogP contribution in [0.2, 0.25) is 0 Å². The molecule has 1 amide bonds. The maximum absolute atomic E-state index is 11.4. The maximum Gasteiger partial charge on any atom is 0.420 e. The molecule has 1 rings (SSSR count). The van der Waals surface area contributed by atoms with E-state index in [1.807, 2.05) is 0 Å². The number of nitrogens with zero attached hydrogens (tertiary/aromatic N) is 1. The number of hydrogen-bond acceptors (Lipinski definition) is 4. The summed E-state index contributed by atoms with van der Waals surface area (Å²) in [5.74, 6) is 0. The summed E-state index contributed by atoms with van der Waals surface area (Å²) < 4.78 is 4.55. The molecule has 0 bridgehead atoms. The Morgan fingerprint density at radius 1 is 1.47 bits per heavy atom. The first kappa shape index (κ1) is 11.3. The molecule has 0 aliphatic rings. The van der Waals surface area contributed by atoms with Crippen LogP contribution in [-0.2, 0) is 4.74 Å². The Morgan fingerprint density at radius 3 is 2.53 bits per heavy atom. The topological polar surface area (TPSA) is 81.6 Å². The Balaban J connectivity index is 3.16. The van der Waals surface area contributed by atoms with Gasteiger partial charge < -0.3 is 16.2 Å². The van der Waals surface area contributed by atoms with E-state index in [1.165, 1.54) is 7.11 Å². The largest absolute Gasteiger partial charge is 0.452 e. The summed E-state index contributed by atoms with van der Waals surface area (Å²) in [6.45, 7) is 0. The number of amides is 1. The fraction of sp³-hybridized carbons (Fsp3) is 0.111. The molecule has 0 heterocycles. The number of rotatable bonds is 1. The highest BCUT2D eigenvalue weighted by atomic mass is 32.1. The van der Waals surface area contributed by atoms with E-state index in [0.29, 0.717) is 11.4 Å². The van der Waals surface area contributed by atoms with Gasteiger partial charge >= 0.3 is 6.09 Å². The van der Waals surface area contributed by atoms with Gasteiger partial charge in [0.25, 0.3) is 0 Å². The third-order valence-electron chi connectivity index (χ3n) is 1.76. The standard InChI is InChI=1S/C9H11N3O2S/c1-14-9(13)12(8(11)15)7-5-3-2-4-6(7)10/h2-5H,10H2,1H3,(H2,11,15). The summed E-state index contributed by atoms with van der Waals surface area (Å²) in [6.07, 6.45) is -0.666. The van der Waals surface area contributed by atoms with Crippen LogP contribution in [0, 0.1) is 0 Å². The number of hydrogen-bond donors (Lipinski definition) is 2. The predicted octanol–water partition coefficient (Wildman–Crippen LogP) is 1.09. The van der Waals surface area contributed by atoms with Crippen LogP contribution in [0.1, 0.15) is 0 Å². The molecule has 0 aliphatic carbocycles. The van der Waals surface area contributed by atoms with Gasteiger partial charge in [-0.25, -0.2) is 9.69 Å². The van der Waals surface area contributed by atoms with Gasteiger partial charge in [-0.1, -0.05) is 12.1 Å². The van der Waals surface area contributed by atoms with E-state index in [9.17, 15) is 4.79 Å².